The molecule has 0 fully saturated rings. The summed E-state index contributed by atoms with van der Waals surface area (Å²) in [5.41, 5.74) is 3.06. The average molecular weight is 519 g/mol. The van der Waals surface area contributed by atoms with E-state index in [0.29, 0.717) is 11.5 Å². The van der Waals surface area contributed by atoms with Crippen LogP contribution < -0.4 is 9.47 Å². The minimum atomic E-state index is -0.888. The lowest BCUT2D eigenvalue weighted by molar-refractivity contribution is 0.0536. The van der Waals surface area contributed by atoms with Crippen molar-refractivity contribution in [3.05, 3.63) is 68.5 Å². The SMILES string of the molecule is CC(C)(c1ccc(OC[C@H](O)CO)cc1)c1ccc(OC/C(O)=C/Cl)c(I)c1. The second kappa shape index (κ2) is 10.3. The molecule has 0 unspecified atom stereocenters. The Hall–Kier alpha value is -1.48. The van der Waals surface area contributed by atoms with E-state index in [4.69, 9.17) is 26.2 Å². The van der Waals surface area contributed by atoms with Crippen molar-refractivity contribution in [2.75, 3.05) is 19.8 Å². The van der Waals surface area contributed by atoms with Crippen molar-refractivity contribution in [3.8, 4) is 11.5 Å². The molecule has 0 amide bonds. The molecule has 0 heterocycles. The molecule has 2 rings (SSSR count). The first kappa shape index (κ1) is 22.8. The van der Waals surface area contributed by atoms with Gasteiger partial charge in [0.15, 0.2) is 0 Å². The highest BCUT2D eigenvalue weighted by Crippen LogP contribution is 2.35. The van der Waals surface area contributed by atoms with E-state index in [9.17, 15) is 10.2 Å². The Labute approximate surface area is 183 Å². The quantitative estimate of drug-likeness (QED) is 0.339. The summed E-state index contributed by atoms with van der Waals surface area (Å²) >= 11 is 7.65. The van der Waals surface area contributed by atoms with Gasteiger partial charge in [0, 0.05) is 11.0 Å². The van der Waals surface area contributed by atoms with Gasteiger partial charge in [-0.3, -0.25) is 0 Å². The largest absolute Gasteiger partial charge is 0.508 e. The van der Waals surface area contributed by atoms with Gasteiger partial charge in [0.05, 0.1) is 10.2 Å². The molecule has 0 saturated heterocycles. The summed E-state index contributed by atoms with van der Waals surface area (Å²) in [6, 6.07) is 13.6. The third-order valence-corrected chi connectivity index (χ3v) is 5.48. The van der Waals surface area contributed by atoms with Gasteiger partial charge in [0.25, 0.3) is 0 Å². The molecule has 0 aliphatic carbocycles. The van der Waals surface area contributed by atoms with Gasteiger partial charge in [0.1, 0.15) is 36.6 Å². The number of rotatable bonds is 9. The zero-order chi connectivity index (χ0) is 20.7. The third-order valence-electron chi connectivity index (χ3n) is 4.38. The van der Waals surface area contributed by atoms with Gasteiger partial charge in [-0.25, -0.2) is 0 Å². The number of aliphatic hydroxyl groups excluding tert-OH is 3. The first-order valence-corrected chi connectivity index (χ1v) is 10.2. The molecule has 1 atom stereocenters. The number of hydrogen-bond acceptors (Lipinski definition) is 5. The highest BCUT2D eigenvalue weighted by Gasteiger charge is 2.24. The lowest BCUT2D eigenvalue weighted by Gasteiger charge is -2.27. The van der Waals surface area contributed by atoms with Crippen LogP contribution in [0.15, 0.2) is 53.8 Å². The van der Waals surface area contributed by atoms with Crippen LogP contribution in [0.3, 0.4) is 0 Å². The summed E-state index contributed by atoms with van der Waals surface area (Å²) in [6.45, 7) is 4.01. The summed E-state index contributed by atoms with van der Waals surface area (Å²) < 4.78 is 12.0. The Morgan fingerprint density at radius 3 is 2.36 bits per heavy atom. The van der Waals surface area contributed by atoms with E-state index >= 15 is 0 Å². The van der Waals surface area contributed by atoms with Gasteiger partial charge >= 0.3 is 0 Å². The van der Waals surface area contributed by atoms with E-state index in [1.54, 1.807) is 0 Å². The topological polar surface area (TPSA) is 79.2 Å². The number of halogens is 2. The van der Waals surface area contributed by atoms with E-state index in [1.165, 1.54) is 0 Å². The van der Waals surface area contributed by atoms with Crippen molar-refractivity contribution in [3.63, 3.8) is 0 Å². The molecular weight excluding hydrogens is 495 g/mol. The van der Waals surface area contributed by atoms with Crippen molar-refractivity contribution in [1.29, 1.82) is 0 Å². The van der Waals surface area contributed by atoms with Gasteiger partial charge in [-0.15, -0.1) is 0 Å². The molecule has 152 valence electrons. The van der Waals surface area contributed by atoms with Crippen LogP contribution in [0, 0.1) is 3.57 Å². The summed E-state index contributed by atoms with van der Waals surface area (Å²) in [7, 11) is 0. The monoisotopic (exact) mass is 518 g/mol. The van der Waals surface area contributed by atoms with Gasteiger partial charge in [0.2, 0.25) is 0 Å². The molecule has 0 saturated carbocycles. The maximum Gasteiger partial charge on any atom is 0.146 e. The Morgan fingerprint density at radius 1 is 1.14 bits per heavy atom. The highest BCUT2D eigenvalue weighted by atomic mass is 127. The Balaban J connectivity index is 2.14. The second-order valence-electron chi connectivity index (χ2n) is 6.83. The number of aliphatic hydroxyl groups is 3. The number of benzene rings is 2. The first-order chi connectivity index (χ1) is 13.3. The standard InChI is InChI=1S/C21H24ClIO5/c1-21(2,14-3-6-18(7-4-14)27-13-17(26)11-24)15-5-8-20(19(23)9-15)28-12-16(25)10-22/h3-10,17,24-26H,11-13H2,1-2H3/b16-10-/t17-/m1/s1. The molecular formula is C21H24ClIO5. The minimum absolute atomic E-state index is 0.0225. The average Bonchev–Trinajstić information content (AvgIpc) is 2.70. The van der Waals surface area contributed by atoms with Crippen LogP contribution in [0.4, 0.5) is 0 Å². The fraction of sp³-hybridized carbons (Fsp3) is 0.333. The molecule has 2 aromatic carbocycles. The molecule has 0 spiro atoms. The predicted octanol–water partition coefficient (Wildman–Crippen LogP) is 4.37. The van der Waals surface area contributed by atoms with Crippen molar-refractivity contribution >= 4 is 34.2 Å². The molecule has 0 aliphatic heterocycles. The lowest BCUT2D eigenvalue weighted by Crippen LogP contribution is -2.21. The summed E-state index contributed by atoms with van der Waals surface area (Å²) in [5, 5.41) is 27.6. The van der Waals surface area contributed by atoms with E-state index in [-0.39, 0.29) is 31.0 Å². The van der Waals surface area contributed by atoms with Crippen molar-refractivity contribution < 1.29 is 24.8 Å². The van der Waals surface area contributed by atoms with Gasteiger partial charge in [-0.05, 0) is 58.0 Å². The van der Waals surface area contributed by atoms with Crippen LogP contribution in [-0.4, -0.2) is 41.2 Å². The fourth-order valence-corrected chi connectivity index (χ4v) is 3.30. The van der Waals surface area contributed by atoms with Crippen LogP contribution in [0.2, 0.25) is 0 Å². The third kappa shape index (κ3) is 6.01. The van der Waals surface area contributed by atoms with E-state index in [0.717, 1.165) is 20.2 Å². The predicted molar refractivity (Wildman–Crippen MR) is 118 cm³/mol. The molecule has 2 aromatic rings. The molecule has 0 aliphatic rings. The first-order valence-electron chi connectivity index (χ1n) is 8.71. The van der Waals surface area contributed by atoms with Crippen molar-refractivity contribution in [1.82, 2.24) is 0 Å². The number of ether oxygens (including phenoxy) is 2. The van der Waals surface area contributed by atoms with Gasteiger partial charge in [-0.1, -0.05) is 43.6 Å². The Bertz CT molecular complexity index is 805. The second-order valence-corrected chi connectivity index (χ2v) is 8.21. The van der Waals surface area contributed by atoms with Crippen LogP contribution in [0.5, 0.6) is 11.5 Å². The maximum atomic E-state index is 9.41. The van der Waals surface area contributed by atoms with Crippen LogP contribution in [0.1, 0.15) is 25.0 Å². The molecule has 0 aromatic heterocycles. The Kier molecular flexibility index (Phi) is 8.42. The molecule has 28 heavy (non-hydrogen) atoms. The lowest BCUT2D eigenvalue weighted by atomic mass is 9.78. The molecule has 0 radical (unpaired) electrons. The fourth-order valence-electron chi connectivity index (χ4n) is 2.57. The Morgan fingerprint density at radius 2 is 1.79 bits per heavy atom. The zero-order valence-electron chi connectivity index (χ0n) is 15.7. The number of hydrogen-bond donors (Lipinski definition) is 3. The van der Waals surface area contributed by atoms with Crippen LogP contribution in [-0.2, 0) is 5.41 Å². The smallest absolute Gasteiger partial charge is 0.146 e. The minimum Gasteiger partial charge on any atom is -0.508 e. The molecule has 3 N–H and O–H groups in total. The van der Waals surface area contributed by atoms with Crippen LogP contribution >= 0.6 is 34.2 Å². The molecule has 7 heteroatoms. The van der Waals surface area contributed by atoms with Gasteiger partial charge < -0.3 is 24.8 Å². The summed E-state index contributed by atoms with van der Waals surface area (Å²) in [5.74, 6) is 1.28. The van der Waals surface area contributed by atoms with Crippen LogP contribution in [0.25, 0.3) is 0 Å². The summed E-state index contributed by atoms with van der Waals surface area (Å²) in [6.07, 6.45) is -0.888. The summed E-state index contributed by atoms with van der Waals surface area (Å²) in [4.78, 5) is 0. The van der Waals surface area contributed by atoms with E-state index in [1.807, 2.05) is 36.4 Å². The molecule has 0 bridgehead atoms. The van der Waals surface area contributed by atoms with Crippen molar-refractivity contribution in [2.45, 2.75) is 25.4 Å². The maximum absolute atomic E-state index is 9.41. The van der Waals surface area contributed by atoms with E-state index < -0.39 is 6.10 Å². The zero-order valence-corrected chi connectivity index (χ0v) is 18.6. The molecule has 5 nitrogen and oxygen atoms in total. The van der Waals surface area contributed by atoms with E-state index in [2.05, 4.69) is 42.5 Å². The van der Waals surface area contributed by atoms with Crippen molar-refractivity contribution in [2.24, 2.45) is 0 Å². The van der Waals surface area contributed by atoms with Gasteiger partial charge in [-0.2, -0.15) is 0 Å². The normalized spacial score (nSPS) is 13.3. The highest BCUT2D eigenvalue weighted by molar-refractivity contribution is 14.1.